The lowest BCUT2D eigenvalue weighted by molar-refractivity contribution is 0.0597. The first-order valence-electron chi connectivity index (χ1n) is 8.83. The van der Waals surface area contributed by atoms with E-state index >= 15 is 0 Å². The van der Waals surface area contributed by atoms with Crippen molar-refractivity contribution in [2.45, 2.75) is 25.3 Å². The highest BCUT2D eigenvalue weighted by atomic mass is 35.5. The van der Waals surface area contributed by atoms with E-state index in [0.29, 0.717) is 17.2 Å². The molecule has 2 aromatic carbocycles. The van der Waals surface area contributed by atoms with Gasteiger partial charge < -0.3 is 9.47 Å². The minimum atomic E-state index is -0.374. The first-order chi connectivity index (χ1) is 12.6. The van der Waals surface area contributed by atoms with Crippen molar-refractivity contribution >= 4 is 17.6 Å². The standard InChI is InChI=1S/C21H24ClNO3/c1-25-20-12-16(7-10-19(20)21(24)26-2)17-4-3-11-23(14-17)13-15-5-8-18(22)9-6-15/h5-10,12,17H,3-4,11,13-14H2,1-2H3. The van der Waals surface area contributed by atoms with Crippen LogP contribution in [0, 0.1) is 0 Å². The van der Waals surface area contributed by atoms with E-state index in [1.165, 1.54) is 18.2 Å². The Morgan fingerprint density at radius 2 is 1.96 bits per heavy atom. The summed E-state index contributed by atoms with van der Waals surface area (Å²) in [5.41, 5.74) is 2.94. The van der Waals surface area contributed by atoms with Gasteiger partial charge in [-0.15, -0.1) is 0 Å². The second-order valence-electron chi connectivity index (χ2n) is 6.65. The Morgan fingerprint density at radius 1 is 1.19 bits per heavy atom. The molecule has 1 atom stereocenters. The number of ether oxygens (including phenoxy) is 2. The summed E-state index contributed by atoms with van der Waals surface area (Å²) in [5.74, 6) is 0.627. The van der Waals surface area contributed by atoms with Crippen LogP contribution in [0.25, 0.3) is 0 Å². The number of methoxy groups -OCH3 is 2. The number of benzene rings is 2. The quantitative estimate of drug-likeness (QED) is 0.722. The first kappa shape index (κ1) is 18.7. The van der Waals surface area contributed by atoms with Crippen LogP contribution < -0.4 is 4.74 Å². The van der Waals surface area contributed by atoms with Crippen LogP contribution in [0.4, 0.5) is 0 Å². The molecule has 1 saturated heterocycles. The number of rotatable bonds is 5. The SMILES string of the molecule is COC(=O)c1ccc(C2CCCN(Cc3ccc(Cl)cc3)C2)cc1OC. The van der Waals surface area contributed by atoms with Crippen LogP contribution in [0.2, 0.25) is 5.02 Å². The van der Waals surface area contributed by atoms with Gasteiger partial charge in [0.1, 0.15) is 11.3 Å². The highest BCUT2D eigenvalue weighted by Crippen LogP contribution is 2.31. The maximum absolute atomic E-state index is 11.8. The van der Waals surface area contributed by atoms with Gasteiger partial charge in [0.05, 0.1) is 14.2 Å². The van der Waals surface area contributed by atoms with Gasteiger partial charge in [-0.25, -0.2) is 4.79 Å². The molecule has 2 aromatic rings. The van der Waals surface area contributed by atoms with Gasteiger partial charge in [0.15, 0.2) is 0 Å². The minimum Gasteiger partial charge on any atom is -0.496 e. The van der Waals surface area contributed by atoms with Crippen LogP contribution in [-0.2, 0) is 11.3 Å². The molecule has 3 rings (SSSR count). The van der Waals surface area contributed by atoms with Gasteiger partial charge in [-0.1, -0.05) is 29.8 Å². The number of esters is 1. The summed E-state index contributed by atoms with van der Waals surface area (Å²) in [7, 11) is 2.96. The van der Waals surface area contributed by atoms with Gasteiger partial charge in [-0.05, 0) is 60.7 Å². The Hall–Kier alpha value is -2.04. The van der Waals surface area contributed by atoms with Gasteiger partial charge in [-0.3, -0.25) is 4.90 Å². The first-order valence-corrected chi connectivity index (χ1v) is 9.21. The zero-order valence-corrected chi connectivity index (χ0v) is 16.0. The van der Waals surface area contributed by atoms with Crippen LogP contribution in [0.5, 0.6) is 5.75 Å². The lowest BCUT2D eigenvalue weighted by atomic mass is 9.89. The molecule has 0 bridgehead atoms. The van der Waals surface area contributed by atoms with Crippen LogP contribution >= 0.6 is 11.6 Å². The molecule has 0 spiro atoms. The molecule has 0 N–H and O–H groups in total. The van der Waals surface area contributed by atoms with Gasteiger partial charge in [0.2, 0.25) is 0 Å². The molecule has 1 fully saturated rings. The predicted octanol–water partition coefficient (Wildman–Crippen LogP) is 4.51. The Kier molecular flexibility index (Phi) is 6.17. The third-order valence-corrected chi connectivity index (χ3v) is 5.18. The van der Waals surface area contributed by atoms with Crippen molar-refractivity contribution in [2.75, 3.05) is 27.3 Å². The smallest absolute Gasteiger partial charge is 0.341 e. The summed E-state index contributed by atoms with van der Waals surface area (Å²) < 4.78 is 10.2. The fraction of sp³-hybridized carbons (Fsp3) is 0.381. The van der Waals surface area contributed by atoms with Crippen molar-refractivity contribution in [2.24, 2.45) is 0 Å². The number of piperidine rings is 1. The van der Waals surface area contributed by atoms with E-state index in [2.05, 4.69) is 17.0 Å². The molecule has 138 valence electrons. The molecule has 4 nitrogen and oxygen atoms in total. The number of halogens is 1. The zero-order chi connectivity index (χ0) is 18.5. The molecule has 0 saturated carbocycles. The molecule has 0 amide bonds. The highest BCUT2D eigenvalue weighted by Gasteiger charge is 2.23. The average Bonchev–Trinajstić information content (AvgIpc) is 2.69. The predicted molar refractivity (Wildman–Crippen MR) is 103 cm³/mol. The van der Waals surface area contributed by atoms with E-state index < -0.39 is 0 Å². The maximum Gasteiger partial charge on any atom is 0.341 e. The Balaban J connectivity index is 1.72. The minimum absolute atomic E-state index is 0.374. The van der Waals surface area contributed by atoms with Gasteiger partial charge in [-0.2, -0.15) is 0 Å². The maximum atomic E-state index is 11.8. The van der Waals surface area contributed by atoms with Crippen LogP contribution in [0.3, 0.4) is 0 Å². The Morgan fingerprint density at radius 3 is 2.65 bits per heavy atom. The second kappa shape index (κ2) is 8.56. The number of nitrogens with zero attached hydrogens (tertiary/aromatic N) is 1. The van der Waals surface area contributed by atoms with Gasteiger partial charge >= 0.3 is 5.97 Å². The zero-order valence-electron chi connectivity index (χ0n) is 15.2. The number of carbonyl (C=O) groups is 1. The summed E-state index contributed by atoms with van der Waals surface area (Å²) in [4.78, 5) is 14.3. The summed E-state index contributed by atoms with van der Waals surface area (Å²) in [5, 5.41) is 0.767. The van der Waals surface area contributed by atoms with E-state index in [4.69, 9.17) is 21.1 Å². The van der Waals surface area contributed by atoms with E-state index in [0.717, 1.165) is 37.5 Å². The Bertz CT molecular complexity index is 760. The molecule has 5 heteroatoms. The number of hydrogen-bond acceptors (Lipinski definition) is 4. The topological polar surface area (TPSA) is 38.8 Å². The molecule has 1 heterocycles. The largest absolute Gasteiger partial charge is 0.496 e. The fourth-order valence-corrected chi connectivity index (χ4v) is 3.69. The second-order valence-corrected chi connectivity index (χ2v) is 7.09. The van der Waals surface area contributed by atoms with Crippen LogP contribution in [-0.4, -0.2) is 38.2 Å². The number of likely N-dealkylation sites (tertiary alicyclic amines) is 1. The lowest BCUT2D eigenvalue weighted by Gasteiger charge is -2.33. The fourth-order valence-electron chi connectivity index (χ4n) is 3.56. The van der Waals surface area contributed by atoms with Crippen molar-refractivity contribution in [3.63, 3.8) is 0 Å². The lowest BCUT2D eigenvalue weighted by Crippen LogP contribution is -2.33. The highest BCUT2D eigenvalue weighted by molar-refractivity contribution is 6.30. The third kappa shape index (κ3) is 4.37. The summed E-state index contributed by atoms with van der Waals surface area (Å²) in [6.07, 6.45) is 2.29. The molecule has 26 heavy (non-hydrogen) atoms. The Labute approximate surface area is 159 Å². The summed E-state index contributed by atoms with van der Waals surface area (Å²) in [6, 6.07) is 13.8. The van der Waals surface area contributed by atoms with E-state index in [1.54, 1.807) is 13.2 Å². The molecule has 0 radical (unpaired) electrons. The van der Waals surface area contributed by atoms with Crippen LogP contribution in [0.1, 0.15) is 40.2 Å². The van der Waals surface area contributed by atoms with Crippen molar-refractivity contribution in [3.05, 3.63) is 64.2 Å². The van der Waals surface area contributed by atoms with Crippen molar-refractivity contribution < 1.29 is 14.3 Å². The third-order valence-electron chi connectivity index (χ3n) is 4.93. The van der Waals surface area contributed by atoms with Crippen molar-refractivity contribution in [1.82, 2.24) is 4.90 Å². The summed E-state index contributed by atoms with van der Waals surface area (Å²) in [6.45, 7) is 3.00. The van der Waals surface area contributed by atoms with E-state index in [9.17, 15) is 4.79 Å². The van der Waals surface area contributed by atoms with Gasteiger partial charge in [0, 0.05) is 18.1 Å². The van der Waals surface area contributed by atoms with Gasteiger partial charge in [0.25, 0.3) is 0 Å². The molecule has 0 aromatic heterocycles. The normalized spacial score (nSPS) is 17.7. The molecule has 1 unspecified atom stereocenters. The number of hydrogen-bond donors (Lipinski definition) is 0. The molecular formula is C21H24ClNO3. The van der Waals surface area contributed by atoms with E-state index in [-0.39, 0.29) is 5.97 Å². The number of carbonyl (C=O) groups excluding carboxylic acids is 1. The van der Waals surface area contributed by atoms with Crippen molar-refractivity contribution in [1.29, 1.82) is 0 Å². The molecular weight excluding hydrogens is 350 g/mol. The molecule has 1 aliphatic rings. The summed E-state index contributed by atoms with van der Waals surface area (Å²) >= 11 is 5.97. The van der Waals surface area contributed by atoms with E-state index in [1.807, 2.05) is 24.3 Å². The van der Waals surface area contributed by atoms with Crippen LogP contribution in [0.15, 0.2) is 42.5 Å². The molecule has 0 aliphatic carbocycles. The van der Waals surface area contributed by atoms with Crippen molar-refractivity contribution in [3.8, 4) is 5.75 Å². The average molecular weight is 374 g/mol. The monoisotopic (exact) mass is 373 g/mol. The molecule has 1 aliphatic heterocycles.